The molecule has 0 unspecified atom stereocenters. The molecule has 0 radical (unpaired) electrons. The van der Waals surface area contributed by atoms with Crippen LogP contribution in [0.15, 0.2) is 16.6 Å². The number of nitrogens with zero attached hydrogens (tertiary/aromatic N) is 1. The molecule has 0 amide bonds. The van der Waals surface area contributed by atoms with E-state index in [-0.39, 0.29) is 5.97 Å². The lowest BCUT2D eigenvalue weighted by Gasteiger charge is -2.11. The molecule has 12 heavy (non-hydrogen) atoms. The zero-order valence-electron chi connectivity index (χ0n) is 7.46. The standard InChI is InChI=1S/C9H13NO2/c1-3-7-5-4-6-10-8(7)9(11)12-2/h5H,3-4,6H2,1-2H3. The first-order chi connectivity index (χ1) is 5.79. The molecule has 1 aliphatic rings. The average Bonchev–Trinajstić information content (AvgIpc) is 2.16. The van der Waals surface area contributed by atoms with Gasteiger partial charge in [0.2, 0.25) is 0 Å². The van der Waals surface area contributed by atoms with E-state index >= 15 is 0 Å². The van der Waals surface area contributed by atoms with Crippen LogP contribution in [0.4, 0.5) is 0 Å². The second-order valence-electron chi connectivity index (χ2n) is 2.59. The van der Waals surface area contributed by atoms with E-state index in [0.29, 0.717) is 12.3 Å². The maximum Gasteiger partial charge on any atom is 0.356 e. The summed E-state index contributed by atoms with van der Waals surface area (Å²) in [7, 11) is 1.38. The first-order valence-electron chi connectivity index (χ1n) is 4.11. The van der Waals surface area contributed by atoms with Crippen molar-refractivity contribution >= 4 is 11.7 Å². The molecule has 1 rings (SSSR count). The van der Waals surface area contributed by atoms with E-state index in [2.05, 4.69) is 15.8 Å². The Kier molecular flexibility index (Phi) is 3.02. The topological polar surface area (TPSA) is 38.7 Å². The van der Waals surface area contributed by atoms with Crippen LogP contribution in [-0.4, -0.2) is 25.3 Å². The Balaban J connectivity index is 2.80. The van der Waals surface area contributed by atoms with Crippen LogP contribution < -0.4 is 0 Å². The fraction of sp³-hybridized carbons (Fsp3) is 0.556. The van der Waals surface area contributed by atoms with Gasteiger partial charge in [0.05, 0.1) is 7.11 Å². The van der Waals surface area contributed by atoms with Crippen molar-refractivity contribution in [3.05, 3.63) is 11.6 Å². The molecule has 0 saturated heterocycles. The number of esters is 1. The molecule has 0 aromatic heterocycles. The molecule has 0 N–H and O–H groups in total. The van der Waals surface area contributed by atoms with E-state index in [1.165, 1.54) is 7.11 Å². The van der Waals surface area contributed by atoms with Crippen molar-refractivity contribution in [3.8, 4) is 0 Å². The zero-order valence-corrected chi connectivity index (χ0v) is 7.46. The number of aliphatic imine (C=N–C) groups is 1. The van der Waals surface area contributed by atoms with Crippen LogP contribution in [0.2, 0.25) is 0 Å². The minimum Gasteiger partial charge on any atom is -0.464 e. The van der Waals surface area contributed by atoms with Crippen molar-refractivity contribution in [2.75, 3.05) is 13.7 Å². The van der Waals surface area contributed by atoms with E-state index in [1.54, 1.807) is 0 Å². The Bertz CT molecular complexity index is 241. The first-order valence-corrected chi connectivity index (χ1v) is 4.11. The summed E-state index contributed by atoms with van der Waals surface area (Å²) >= 11 is 0. The molecule has 1 heterocycles. The van der Waals surface area contributed by atoms with Gasteiger partial charge in [-0.05, 0) is 18.4 Å². The maximum atomic E-state index is 11.1. The number of carbonyl (C=O) groups is 1. The fourth-order valence-electron chi connectivity index (χ4n) is 1.22. The Morgan fingerprint density at radius 3 is 3.08 bits per heavy atom. The molecular formula is C9H13NO2. The summed E-state index contributed by atoms with van der Waals surface area (Å²) in [5, 5.41) is 0. The van der Waals surface area contributed by atoms with Gasteiger partial charge in [0.25, 0.3) is 0 Å². The number of rotatable bonds is 2. The summed E-state index contributed by atoms with van der Waals surface area (Å²) < 4.78 is 4.61. The van der Waals surface area contributed by atoms with Crippen LogP contribution in [0.5, 0.6) is 0 Å². The Morgan fingerprint density at radius 2 is 2.50 bits per heavy atom. The fourth-order valence-corrected chi connectivity index (χ4v) is 1.22. The molecule has 0 bridgehead atoms. The second kappa shape index (κ2) is 4.04. The van der Waals surface area contributed by atoms with Gasteiger partial charge in [0.15, 0.2) is 0 Å². The molecule has 1 aliphatic heterocycles. The SMILES string of the molecule is CCC1=CCCN=C1C(=O)OC. The number of hydrogen-bond donors (Lipinski definition) is 0. The van der Waals surface area contributed by atoms with Crippen molar-refractivity contribution in [2.24, 2.45) is 4.99 Å². The quantitative estimate of drug-likeness (QED) is 0.582. The molecule has 0 saturated carbocycles. The summed E-state index contributed by atoms with van der Waals surface area (Å²) in [5.41, 5.74) is 1.51. The van der Waals surface area contributed by atoms with Crippen molar-refractivity contribution in [3.63, 3.8) is 0 Å². The minimum absolute atomic E-state index is 0.317. The van der Waals surface area contributed by atoms with Gasteiger partial charge in [0.1, 0.15) is 5.71 Å². The number of methoxy groups -OCH3 is 1. The molecular weight excluding hydrogens is 154 g/mol. The molecule has 0 aromatic carbocycles. The van der Waals surface area contributed by atoms with Crippen molar-refractivity contribution in [1.29, 1.82) is 0 Å². The van der Waals surface area contributed by atoms with Crippen molar-refractivity contribution < 1.29 is 9.53 Å². The second-order valence-corrected chi connectivity index (χ2v) is 2.59. The van der Waals surface area contributed by atoms with E-state index in [1.807, 2.05) is 6.92 Å². The van der Waals surface area contributed by atoms with Gasteiger partial charge in [-0.15, -0.1) is 0 Å². The van der Waals surface area contributed by atoms with Gasteiger partial charge in [0, 0.05) is 6.54 Å². The minimum atomic E-state index is -0.317. The molecule has 0 fully saturated rings. The van der Waals surface area contributed by atoms with Gasteiger partial charge < -0.3 is 4.74 Å². The van der Waals surface area contributed by atoms with Crippen LogP contribution >= 0.6 is 0 Å². The molecule has 0 atom stereocenters. The summed E-state index contributed by atoms with van der Waals surface area (Å²) in [6.07, 6.45) is 3.83. The van der Waals surface area contributed by atoms with Gasteiger partial charge in [-0.25, -0.2) is 4.79 Å². The smallest absolute Gasteiger partial charge is 0.356 e. The highest BCUT2D eigenvalue weighted by atomic mass is 16.5. The number of ether oxygens (including phenoxy) is 1. The molecule has 0 aromatic rings. The molecule has 0 spiro atoms. The maximum absolute atomic E-state index is 11.1. The predicted molar refractivity (Wildman–Crippen MR) is 47.3 cm³/mol. The third-order valence-electron chi connectivity index (χ3n) is 1.85. The van der Waals surface area contributed by atoms with Crippen LogP contribution in [0, 0.1) is 0 Å². The van der Waals surface area contributed by atoms with Crippen LogP contribution in [0.3, 0.4) is 0 Å². The summed E-state index contributed by atoms with van der Waals surface area (Å²) in [4.78, 5) is 15.3. The van der Waals surface area contributed by atoms with E-state index in [0.717, 1.165) is 18.4 Å². The van der Waals surface area contributed by atoms with Gasteiger partial charge >= 0.3 is 5.97 Å². The lowest BCUT2D eigenvalue weighted by Crippen LogP contribution is -2.20. The number of carbonyl (C=O) groups excluding carboxylic acids is 1. The number of hydrogen-bond acceptors (Lipinski definition) is 3. The predicted octanol–water partition coefficient (Wildman–Crippen LogP) is 1.34. The third-order valence-corrected chi connectivity index (χ3v) is 1.85. The number of dihydropyridines is 1. The summed E-state index contributed by atoms with van der Waals surface area (Å²) in [5.74, 6) is -0.317. The third kappa shape index (κ3) is 1.72. The highest BCUT2D eigenvalue weighted by Crippen LogP contribution is 2.11. The van der Waals surface area contributed by atoms with E-state index in [9.17, 15) is 4.79 Å². The van der Waals surface area contributed by atoms with E-state index in [4.69, 9.17) is 0 Å². The average molecular weight is 167 g/mol. The van der Waals surface area contributed by atoms with Gasteiger partial charge in [-0.3, -0.25) is 4.99 Å². The largest absolute Gasteiger partial charge is 0.464 e. The molecule has 0 aliphatic carbocycles. The summed E-state index contributed by atoms with van der Waals surface area (Å²) in [6.45, 7) is 2.71. The Morgan fingerprint density at radius 1 is 1.75 bits per heavy atom. The molecule has 3 nitrogen and oxygen atoms in total. The zero-order chi connectivity index (χ0) is 8.97. The van der Waals surface area contributed by atoms with E-state index < -0.39 is 0 Å². The van der Waals surface area contributed by atoms with Crippen molar-refractivity contribution in [2.45, 2.75) is 19.8 Å². The Labute approximate surface area is 72.1 Å². The van der Waals surface area contributed by atoms with Gasteiger partial charge in [-0.2, -0.15) is 0 Å². The lowest BCUT2D eigenvalue weighted by atomic mass is 10.0. The molecule has 3 heteroatoms. The van der Waals surface area contributed by atoms with Crippen molar-refractivity contribution in [1.82, 2.24) is 0 Å². The highest BCUT2D eigenvalue weighted by Gasteiger charge is 2.17. The first kappa shape index (κ1) is 8.97. The monoisotopic (exact) mass is 167 g/mol. The van der Waals surface area contributed by atoms with Crippen LogP contribution in [0.25, 0.3) is 0 Å². The molecule has 66 valence electrons. The van der Waals surface area contributed by atoms with Crippen LogP contribution in [0.1, 0.15) is 19.8 Å². The lowest BCUT2D eigenvalue weighted by molar-refractivity contribution is -0.132. The normalized spacial score (nSPS) is 16.5. The van der Waals surface area contributed by atoms with Crippen LogP contribution in [-0.2, 0) is 9.53 Å². The highest BCUT2D eigenvalue weighted by molar-refractivity contribution is 6.43. The Hall–Kier alpha value is -1.12. The van der Waals surface area contributed by atoms with Gasteiger partial charge in [-0.1, -0.05) is 13.0 Å². The summed E-state index contributed by atoms with van der Waals surface area (Å²) in [6, 6.07) is 0.